The first-order chi connectivity index (χ1) is 16.4. The van der Waals surface area contributed by atoms with E-state index in [0.29, 0.717) is 13.1 Å². The summed E-state index contributed by atoms with van der Waals surface area (Å²) in [4.78, 5) is 41.6. The molecule has 1 aromatic rings. The van der Waals surface area contributed by atoms with Gasteiger partial charge in [0.05, 0.1) is 0 Å². The largest absolute Gasteiger partial charge is 0.444 e. The molecule has 3 amide bonds. The molecule has 2 N–H and O–H groups in total. The quantitative estimate of drug-likeness (QED) is 0.357. The number of benzene rings is 1. The van der Waals surface area contributed by atoms with Crippen LogP contribution in [0.4, 0.5) is 4.79 Å². The van der Waals surface area contributed by atoms with Crippen molar-refractivity contribution in [3.63, 3.8) is 0 Å². The van der Waals surface area contributed by atoms with Crippen LogP contribution in [-0.2, 0) is 14.3 Å². The van der Waals surface area contributed by atoms with Crippen molar-refractivity contribution in [1.29, 1.82) is 0 Å². The highest BCUT2D eigenvalue weighted by molar-refractivity contribution is 5.92. The Morgan fingerprint density at radius 1 is 0.971 bits per heavy atom. The smallest absolute Gasteiger partial charge is 0.408 e. The van der Waals surface area contributed by atoms with Gasteiger partial charge in [-0.3, -0.25) is 9.59 Å². The van der Waals surface area contributed by atoms with Crippen LogP contribution in [0.3, 0.4) is 0 Å². The van der Waals surface area contributed by atoms with E-state index in [1.807, 2.05) is 45.0 Å². The number of carbonyl (C=O) groups is 3. The predicted molar refractivity (Wildman–Crippen MR) is 141 cm³/mol. The maximum absolute atomic E-state index is 14.0. The van der Waals surface area contributed by atoms with E-state index < -0.39 is 23.8 Å². The minimum atomic E-state index is -0.817. The molecule has 0 radical (unpaired) electrons. The normalized spacial score (nSPS) is 13.2. The lowest BCUT2D eigenvalue weighted by atomic mass is 9.98. The van der Waals surface area contributed by atoms with Gasteiger partial charge in [-0.05, 0) is 52.0 Å². The van der Waals surface area contributed by atoms with Gasteiger partial charge in [0, 0.05) is 13.1 Å². The van der Waals surface area contributed by atoms with Gasteiger partial charge >= 0.3 is 6.09 Å². The molecular weight excluding hydrogens is 442 g/mol. The summed E-state index contributed by atoms with van der Waals surface area (Å²) in [6, 6.07) is 6.13. The number of alkyl carbamates (subject to hydrolysis) is 1. The van der Waals surface area contributed by atoms with Crippen LogP contribution in [0.25, 0.3) is 0 Å². The van der Waals surface area contributed by atoms with Gasteiger partial charge in [-0.2, -0.15) is 0 Å². The predicted octanol–water partition coefficient (Wildman–Crippen LogP) is 5.52. The van der Waals surface area contributed by atoms with Gasteiger partial charge < -0.3 is 20.3 Å². The Balaban J connectivity index is 3.38. The molecule has 0 spiro atoms. The Bertz CT molecular complexity index is 799. The average Bonchev–Trinajstić information content (AvgIpc) is 2.76. The van der Waals surface area contributed by atoms with E-state index in [1.54, 1.807) is 25.7 Å². The van der Waals surface area contributed by atoms with Crippen LogP contribution in [0.5, 0.6) is 0 Å². The SMILES string of the molecule is CCCCCN(C(=O)C(NC(=O)OC(C)(C)C)C(C)C)C(C(=O)NCCCC)c1ccc(C)cc1. The van der Waals surface area contributed by atoms with Crippen molar-refractivity contribution in [2.75, 3.05) is 13.1 Å². The summed E-state index contributed by atoms with van der Waals surface area (Å²) in [5.74, 6) is -0.671. The van der Waals surface area contributed by atoms with Gasteiger partial charge in [-0.25, -0.2) is 4.79 Å². The molecule has 0 bridgehead atoms. The Hall–Kier alpha value is -2.57. The lowest BCUT2D eigenvalue weighted by molar-refractivity contribution is -0.143. The second-order valence-electron chi connectivity index (χ2n) is 10.6. The Morgan fingerprint density at radius 2 is 1.57 bits per heavy atom. The Kier molecular flexibility index (Phi) is 12.8. The van der Waals surface area contributed by atoms with E-state index in [0.717, 1.165) is 43.2 Å². The summed E-state index contributed by atoms with van der Waals surface area (Å²) in [6.45, 7) is 16.2. The zero-order chi connectivity index (χ0) is 26.6. The van der Waals surface area contributed by atoms with Gasteiger partial charge in [0.15, 0.2) is 0 Å². The van der Waals surface area contributed by atoms with E-state index in [-0.39, 0.29) is 17.7 Å². The highest BCUT2D eigenvalue weighted by atomic mass is 16.6. The molecule has 2 atom stereocenters. The number of amides is 3. The van der Waals surface area contributed by atoms with Crippen LogP contribution in [0.2, 0.25) is 0 Å². The summed E-state index contributed by atoms with van der Waals surface area (Å²) in [5.41, 5.74) is 1.16. The van der Waals surface area contributed by atoms with E-state index in [2.05, 4.69) is 24.5 Å². The number of nitrogens with zero attached hydrogens (tertiary/aromatic N) is 1. The topological polar surface area (TPSA) is 87.7 Å². The third-order valence-corrected chi connectivity index (χ3v) is 5.67. The first kappa shape index (κ1) is 30.5. The summed E-state index contributed by atoms with van der Waals surface area (Å²) in [6.07, 6.45) is 3.88. The number of rotatable bonds is 13. The van der Waals surface area contributed by atoms with Gasteiger partial charge in [-0.15, -0.1) is 0 Å². The lowest BCUT2D eigenvalue weighted by Crippen LogP contribution is -2.55. The summed E-state index contributed by atoms with van der Waals surface area (Å²) >= 11 is 0. The number of hydrogen-bond acceptors (Lipinski definition) is 4. The molecular formula is C28H47N3O4. The van der Waals surface area contributed by atoms with Crippen molar-refractivity contribution >= 4 is 17.9 Å². The van der Waals surface area contributed by atoms with Crippen molar-refractivity contribution in [3.8, 4) is 0 Å². The monoisotopic (exact) mass is 489 g/mol. The van der Waals surface area contributed by atoms with E-state index in [4.69, 9.17) is 4.74 Å². The molecule has 0 aliphatic heterocycles. The van der Waals surface area contributed by atoms with Crippen molar-refractivity contribution in [2.24, 2.45) is 5.92 Å². The van der Waals surface area contributed by atoms with Crippen LogP contribution < -0.4 is 10.6 Å². The van der Waals surface area contributed by atoms with Gasteiger partial charge in [0.25, 0.3) is 0 Å². The van der Waals surface area contributed by atoms with Crippen molar-refractivity contribution < 1.29 is 19.1 Å². The highest BCUT2D eigenvalue weighted by Gasteiger charge is 2.37. The molecule has 0 aliphatic carbocycles. The fraction of sp³-hybridized carbons (Fsp3) is 0.679. The van der Waals surface area contributed by atoms with Gasteiger partial charge in [-0.1, -0.05) is 76.8 Å². The second kappa shape index (κ2) is 14.7. The van der Waals surface area contributed by atoms with Gasteiger partial charge in [0.2, 0.25) is 11.8 Å². The number of aryl methyl sites for hydroxylation is 1. The number of ether oxygens (including phenoxy) is 1. The molecule has 7 heteroatoms. The maximum Gasteiger partial charge on any atom is 0.408 e. The van der Waals surface area contributed by atoms with Crippen LogP contribution in [0.15, 0.2) is 24.3 Å². The first-order valence-corrected chi connectivity index (χ1v) is 13.1. The number of hydrogen-bond donors (Lipinski definition) is 2. The average molecular weight is 490 g/mol. The Morgan fingerprint density at radius 3 is 2.09 bits per heavy atom. The van der Waals surface area contributed by atoms with E-state index in [9.17, 15) is 14.4 Å². The molecule has 0 fully saturated rings. The zero-order valence-electron chi connectivity index (χ0n) is 23.1. The third kappa shape index (κ3) is 10.7. The van der Waals surface area contributed by atoms with Crippen molar-refractivity contribution in [3.05, 3.63) is 35.4 Å². The maximum atomic E-state index is 14.0. The fourth-order valence-electron chi connectivity index (χ4n) is 3.73. The van der Waals surface area contributed by atoms with Crippen LogP contribution in [-0.4, -0.2) is 47.5 Å². The molecule has 2 unspecified atom stereocenters. The van der Waals surface area contributed by atoms with E-state index in [1.165, 1.54) is 0 Å². The zero-order valence-corrected chi connectivity index (χ0v) is 23.1. The van der Waals surface area contributed by atoms with Crippen LogP contribution >= 0.6 is 0 Å². The highest BCUT2D eigenvalue weighted by Crippen LogP contribution is 2.25. The standard InChI is InChI=1S/C28H47N3O4/c1-9-11-13-19-31(26(33)23(20(3)4)30-27(34)35-28(6,7)8)24(25(32)29-18-12-10-2)22-16-14-21(5)15-17-22/h14-17,20,23-24H,9-13,18-19H2,1-8H3,(H,29,32)(H,30,34). The minimum Gasteiger partial charge on any atom is -0.444 e. The molecule has 0 heterocycles. The summed E-state index contributed by atoms with van der Waals surface area (Å²) in [7, 11) is 0. The van der Waals surface area contributed by atoms with Crippen LogP contribution in [0, 0.1) is 12.8 Å². The van der Waals surface area contributed by atoms with Crippen molar-refractivity contribution in [1.82, 2.24) is 15.5 Å². The Labute approximate surface area is 212 Å². The first-order valence-electron chi connectivity index (χ1n) is 13.1. The molecule has 0 saturated carbocycles. The summed E-state index contributed by atoms with van der Waals surface area (Å²) in [5, 5.41) is 5.78. The number of carbonyl (C=O) groups excluding carboxylic acids is 3. The number of nitrogens with one attached hydrogen (secondary N) is 2. The second-order valence-corrected chi connectivity index (χ2v) is 10.6. The van der Waals surface area contributed by atoms with E-state index >= 15 is 0 Å². The lowest BCUT2D eigenvalue weighted by Gasteiger charge is -2.35. The molecule has 0 aromatic heterocycles. The molecule has 198 valence electrons. The molecule has 35 heavy (non-hydrogen) atoms. The molecule has 7 nitrogen and oxygen atoms in total. The number of unbranched alkanes of at least 4 members (excludes halogenated alkanes) is 3. The molecule has 1 rings (SSSR count). The fourth-order valence-corrected chi connectivity index (χ4v) is 3.73. The molecule has 1 aromatic carbocycles. The van der Waals surface area contributed by atoms with Crippen molar-refractivity contribution in [2.45, 2.75) is 105 Å². The molecule has 0 aliphatic rings. The third-order valence-electron chi connectivity index (χ3n) is 5.67. The molecule has 0 saturated heterocycles. The minimum absolute atomic E-state index is 0.189. The van der Waals surface area contributed by atoms with Gasteiger partial charge in [0.1, 0.15) is 17.7 Å². The summed E-state index contributed by atoms with van der Waals surface area (Å²) < 4.78 is 5.42. The van der Waals surface area contributed by atoms with Crippen LogP contribution in [0.1, 0.15) is 97.7 Å².